The minimum Gasteiger partial charge on any atom is -0.495 e. The number of carbonyl (C=O) groups is 3. The van der Waals surface area contributed by atoms with E-state index in [4.69, 9.17) is 16.3 Å². The lowest BCUT2D eigenvalue weighted by Crippen LogP contribution is -2.53. The summed E-state index contributed by atoms with van der Waals surface area (Å²) in [5.41, 5.74) is 0.590. The molecule has 2 atom stereocenters. The number of carbonyl (C=O) groups excluding carboxylic acids is 3. The summed E-state index contributed by atoms with van der Waals surface area (Å²) in [6.07, 6.45) is 1.07. The minimum absolute atomic E-state index is 0.0134. The topological polar surface area (TPSA) is 82.2 Å². The van der Waals surface area contributed by atoms with Crippen LogP contribution in [0.25, 0.3) is 0 Å². The van der Waals surface area contributed by atoms with Gasteiger partial charge in [-0.2, -0.15) is 0 Å². The molecule has 0 radical (unpaired) electrons. The number of benzene rings is 1. The van der Waals surface area contributed by atoms with E-state index in [0.29, 0.717) is 55.7 Å². The van der Waals surface area contributed by atoms with Gasteiger partial charge in [0.2, 0.25) is 17.7 Å². The molecule has 1 aromatic carbocycles. The summed E-state index contributed by atoms with van der Waals surface area (Å²) in [7, 11) is 1.54. The summed E-state index contributed by atoms with van der Waals surface area (Å²) in [6.45, 7) is 7.08. The van der Waals surface area contributed by atoms with Crippen molar-refractivity contribution in [2.24, 2.45) is 5.92 Å². The van der Waals surface area contributed by atoms with Gasteiger partial charge in [0.25, 0.3) is 0 Å². The molecule has 0 aromatic heterocycles. The van der Waals surface area contributed by atoms with Gasteiger partial charge in [0, 0.05) is 50.2 Å². The summed E-state index contributed by atoms with van der Waals surface area (Å²) in [5, 5.41) is 3.48. The first-order valence-corrected chi connectivity index (χ1v) is 11.1. The van der Waals surface area contributed by atoms with Gasteiger partial charge >= 0.3 is 0 Å². The summed E-state index contributed by atoms with van der Waals surface area (Å²) in [4.78, 5) is 43.2. The van der Waals surface area contributed by atoms with Crippen LogP contribution >= 0.6 is 11.6 Å². The third kappa shape index (κ3) is 5.68. The lowest BCUT2D eigenvalue weighted by Gasteiger charge is -2.35. The van der Waals surface area contributed by atoms with E-state index in [1.54, 1.807) is 35.1 Å². The van der Waals surface area contributed by atoms with Crippen molar-refractivity contribution in [2.45, 2.75) is 32.7 Å². The maximum absolute atomic E-state index is 13.0. The predicted molar refractivity (Wildman–Crippen MR) is 119 cm³/mol. The molecule has 2 aliphatic heterocycles. The van der Waals surface area contributed by atoms with Gasteiger partial charge < -0.3 is 19.9 Å². The van der Waals surface area contributed by atoms with E-state index < -0.39 is 5.92 Å². The highest BCUT2D eigenvalue weighted by molar-refractivity contribution is 6.31. The summed E-state index contributed by atoms with van der Waals surface area (Å²) < 4.78 is 5.36. The van der Waals surface area contributed by atoms with E-state index in [1.807, 2.05) is 13.8 Å². The van der Waals surface area contributed by atoms with Crippen LogP contribution in [0.4, 0.5) is 5.69 Å². The van der Waals surface area contributed by atoms with Crippen LogP contribution in [0.2, 0.25) is 5.02 Å². The molecule has 2 fully saturated rings. The fraction of sp³-hybridized carbons (Fsp3) is 0.591. The molecule has 0 spiro atoms. The number of rotatable bonds is 7. The first-order valence-electron chi connectivity index (χ1n) is 10.8. The van der Waals surface area contributed by atoms with Gasteiger partial charge in [-0.25, -0.2) is 0 Å². The number of hydrogen-bond acceptors (Lipinski definition) is 5. The highest BCUT2D eigenvalue weighted by Crippen LogP contribution is 2.35. The molecule has 3 amide bonds. The summed E-state index contributed by atoms with van der Waals surface area (Å²) >= 11 is 6.10. The van der Waals surface area contributed by atoms with Crippen LogP contribution in [0.15, 0.2) is 18.2 Å². The molecular formula is C22H31ClN4O4. The second-order valence-corrected chi connectivity index (χ2v) is 8.64. The van der Waals surface area contributed by atoms with E-state index in [1.165, 1.54) is 0 Å². The van der Waals surface area contributed by atoms with E-state index in [-0.39, 0.29) is 30.2 Å². The fourth-order valence-corrected chi connectivity index (χ4v) is 4.16. The minimum atomic E-state index is -0.392. The normalized spacial score (nSPS) is 20.6. The standard InChI is InChI=1S/C22H31ClN4O4/c1-4-15(2)24-20(28)14-25-7-9-26(10-8-25)22(30)16-11-21(29)27(13-16)18-12-17(23)5-6-19(18)31-3/h5-6,12,15-16H,4,7-11,13-14H2,1-3H3,(H,24,28). The molecule has 2 saturated heterocycles. The molecule has 8 nitrogen and oxygen atoms in total. The van der Waals surface area contributed by atoms with Gasteiger partial charge in [-0.05, 0) is 31.5 Å². The van der Waals surface area contributed by atoms with Gasteiger partial charge in [-0.1, -0.05) is 18.5 Å². The van der Waals surface area contributed by atoms with Crippen molar-refractivity contribution in [2.75, 3.05) is 51.3 Å². The van der Waals surface area contributed by atoms with Crippen LogP contribution in [-0.4, -0.2) is 79.9 Å². The quantitative estimate of drug-likeness (QED) is 0.684. The molecule has 3 rings (SSSR count). The largest absolute Gasteiger partial charge is 0.495 e. The maximum Gasteiger partial charge on any atom is 0.234 e. The van der Waals surface area contributed by atoms with Crippen molar-refractivity contribution >= 4 is 35.0 Å². The van der Waals surface area contributed by atoms with Crippen molar-refractivity contribution in [1.82, 2.24) is 15.1 Å². The molecule has 0 saturated carbocycles. The lowest BCUT2D eigenvalue weighted by atomic mass is 10.1. The van der Waals surface area contributed by atoms with Gasteiger partial charge in [0.1, 0.15) is 5.75 Å². The van der Waals surface area contributed by atoms with Crippen LogP contribution in [0.5, 0.6) is 5.75 Å². The van der Waals surface area contributed by atoms with Crippen LogP contribution in [-0.2, 0) is 14.4 Å². The Morgan fingerprint density at radius 1 is 1.26 bits per heavy atom. The average Bonchev–Trinajstić information content (AvgIpc) is 3.15. The van der Waals surface area contributed by atoms with E-state index >= 15 is 0 Å². The Bertz CT molecular complexity index is 826. The number of methoxy groups -OCH3 is 1. The third-order valence-electron chi connectivity index (χ3n) is 5.98. The van der Waals surface area contributed by atoms with Crippen molar-refractivity contribution in [1.29, 1.82) is 0 Å². The second-order valence-electron chi connectivity index (χ2n) is 8.20. The lowest BCUT2D eigenvalue weighted by molar-refractivity contribution is -0.137. The Morgan fingerprint density at radius 3 is 2.61 bits per heavy atom. The third-order valence-corrected chi connectivity index (χ3v) is 6.21. The van der Waals surface area contributed by atoms with Gasteiger partial charge in [0.05, 0.1) is 25.3 Å². The molecule has 2 unspecified atom stereocenters. The van der Waals surface area contributed by atoms with Crippen LogP contribution in [0, 0.1) is 5.92 Å². The number of ether oxygens (including phenoxy) is 1. The molecule has 2 heterocycles. The molecule has 170 valence electrons. The Balaban J connectivity index is 1.55. The Hall–Kier alpha value is -2.32. The van der Waals surface area contributed by atoms with E-state index in [0.717, 1.165) is 6.42 Å². The highest BCUT2D eigenvalue weighted by Gasteiger charge is 2.39. The molecule has 1 N–H and O–H groups in total. The molecule has 2 aliphatic rings. The number of piperazine rings is 1. The zero-order valence-corrected chi connectivity index (χ0v) is 19.2. The smallest absolute Gasteiger partial charge is 0.234 e. The monoisotopic (exact) mass is 450 g/mol. The van der Waals surface area contributed by atoms with Crippen molar-refractivity contribution in [3.8, 4) is 5.75 Å². The van der Waals surface area contributed by atoms with Gasteiger partial charge in [-0.15, -0.1) is 0 Å². The highest BCUT2D eigenvalue weighted by atomic mass is 35.5. The van der Waals surface area contributed by atoms with Crippen LogP contribution < -0.4 is 15.0 Å². The molecule has 0 bridgehead atoms. The number of nitrogens with zero attached hydrogens (tertiary/aromatic N) is 3. The van der Waals surface area contributed by atoms with E-state index in [9.17, 15) is 14.4 Å². The molecule has 9 heteroatoms. The van der Waals surface area contributed by atoms with Crippen molar-refractivity contribution in [3.05, 3.63) is 23.2 Å². The number of hydrogen-bond donors (Lipinski definition) is 1. The molecule has 31 heavy (non-hydrogen) atoms. The van der Waals surface area contributed by atoms with Crippen LogP contribution in [0.3, 0.4) is 0 Å². The zero-order valence-electron chi connectivity index (χ0n) is 18.4. The number of amides is 3. The Kier molecular flexibility index (Phi) is 7.78. The predicted octanol–water partition coefficient (Wildman–Crippen LogP) is 1.76. The zero-order chi connectivity index (χ0) is 22.5. The average molecular weight is 451 g/mol. The first kappa shape index (κ1) is 23.3. The van der Waals surface area contributed by atoms with Gasteiger partial charge in [0.15, 0.2) is 0 Å². The van der Waals surface area contributed by atoms with Crippen LogP contribution in [0.1, 0.15) is 26.7 Å². The summed E-state index contributed by atoms with van der Waals surface area (Å²) in [6, 6.07) is 5.28. The van der Waals surface area contributed by atoms with Crippen molar-refractivity contribution in [3.63, 3.8) is 0 Å². The maximum atomic E-state index is 13.0. The molecular weight excluding hydrogens is 420 g/mol. The first-order chi connectivity index (χ1) is 14.8. The molecule has 1 aromatic rings. The van der Waals surface area contributed by atoms with Gasteiger partial charge in [-0.3, -0.25) is 19.3 Å². The number of halogens is 1. The summed E-state index contributed by atoms with van der Waals surface area (Å²) in [5.74, 6) is 0.0491. The Morgan fingerprint density at radius 2 is 1.97 bits per heavy atom. The Labute approximate surface area is 188 Å². The fourth-order valence-electron chi connectivity index (χ4n) is 3.99. The van der Waals surface area contributed by atoms with Crippen molar-refractivity contribution < 1.29 is 19.1 Å². The SMILES string of the molecule is CCC(C)NC(=O)CN1CCN(C(=O)C2CC(=O)N(c3cc(Cl)ccc3OC)C2)CC1. The second kappa shape index (κ2) is 10.3. The van der Waals surface area contributed by atoms with E-state index in [2.05, 4.69) is 10.2 Å². The number of nitrogens with one attached hydrogen (secondary N) is 1. The number of anilines is 1. The molecule has 0 aliphatic carbocycles.